The maximum atomic E-state index is 13.7. The number of benzene rings is 2. The van der Waals surface area contributed by atoms with Gasteiger partial charge in [-0.1, -0.05) is 30.4 Å². The highest BCUT2D eigenvalue weighted by Gasteiger charge is 2.45. The van der Waals surface area contributed by atoms with Crippen LogP contribution in [0.2, 0.25) is 0 Å². The molecule has 5 atom stereocenters. The summed E-state index contributed by atoms with van der Waals surface area (Å²) in [5, 5.41) is 5.72. The highest BCUT2D eigenvalue weighted by atomic mass is 16.7. The van der Waals surface area contributed by atoms with E-state index < -0.39 is 36.3 Å². The van der Waals surface area contributed by atoms with Crippen molar-refractivity contribution >= 4 is 23.7 Å². The Morgan fingerprint density at radius 1 is 0.950 bits per heavy atom. The largest absolute Gasteiger partial charge is 0.457 e. The van der Waals surface area contributed by atoms with Gasteiger partial charge in [0.05, 0.1) is 6.42 Å². The summed E-state index contributed by atoms with van der Waals surface area (Å²) in [6.07, 6.45) is 5.15. The van der Waals surface area contributed by atoms with Gasteiger partial charge in [-0.2, -0.15) is 0 Å². The topological polar surface area (TPSA) is 123 Å². The molecule has 0 aromatic heterocycles. The van der Waals surface area contributed by atoms with Gasteiger partial charge < -0.3 is 29.7 Å². The first-order valence-electron chi connectivity index (χ1n) is 13.7. The van der Waals surface area contributed by atoms with Gasteiger partial charge in [-0.25, -0.2) is 0 Å². The number of hydrogen-bond donors (Lipinski definition) is 2. The highest BCUT2D eigenvalue weighted by Crippen LogP contribution is 2.30. The van der Waals surface area contributed by atoms with Crippen LogP contribution in [0.1, 0.15) is 49.4 Å². The summed E-state index contributed by atoms with van der Waals surface area (Å²) < 4.78 is 16.4. The number of amides is 3. The molecule has 0 saturated carbocycles. The standard InChI is InChI=1S/C30H33N3O7/c1-2-38-30-24(18-26(34)40-30)32-28(36)25-17-14-20-8-6-7-11-23(29(37)33(20)25)31-27(35)19-12-15-22(16-13-19)39-21-9-4-3-5-10-21/h3-7,9-10,12-13,15-16,20,23-25,30H,2,8,11,14,17-18H2,1H3,(H,31,35)(H,32,36)/t20-,23+,24?,25+,30?/m1/s1. The van der Waals surface area contributed by atoms with Gasteiger partial charge in [-0.05, 0) is 69.0 Å². The molecule has 2 aromatic carbocycles. The third-order valence-corrected chi connectivity index (χ3v) is 7.33. The number of ether oxygens (including phenoxy) is 3. The fourth-order valence-electron chi connectivity index (χ4n) is 5.38. The minimum absolute atomic E-state index is 0.0110. The summed E-state index contributed by atoms with van der Waals surface area (Å²) in [4.78, 5) is 53.6. The van der Waals surface area contributed by atoms with E-state index in [1.807, 2.05) is 42.5 Å². The summed E-state index contributed by atoms with van der Waals surface area (Å²) in [5.41, 5.74) is 0.388. The molecule has 210 valence electrons. The SMILES string of the molecule is CCOC1OC(=O)CC1NC(=O)[C@@H]1CC[C@H]2CC=CC[C@H](NC(=O)c3ccc(Oc4ccccc4)cc3)C(=O)N21. The van der Waals surface area contributed by atoms with Crippen molar-refractivity contribution in [2.45, 2.75) is 69.5 Å². The third-order valence-electron chi connectivity index (χ3n) is 7.33. The fourth-order valence-corrected chi connectivity index (χ4v) is 5.38. The molecule has 3 aliphatic rings. The van der Waals surface area contributed by atoms with Crippen LogP contribution in [0.15, 0.2) is 66.7 Å². The molecule has 0 bridgehead atoms. The molecule has 2 unspecified atom stereocenters. The summed E-state index contributed by atoms with van der Waals surface area (Å²) in [5.74, 6) is -0.218. The van der Waals surface area contributed by atoms with Crippen LogP contribution in [-0.2, 0) is 23.9 Å². The first-order valence-corrected chi connectivity index (χ1v) is 13.7. The summed E-state index contributed by atoms with van der Waals surface area (Å²) in [6, 6.07) is 13.7. The molecule has 3 aliphatic heterocycles. The second kappa shape index (κ2) is 12.3. The Morgan fingerprint density at radius 2 is 1.68 bits per heavy atom. The van der Waals surface area contributed by atoms with Crippen LogP contribution in [0.3, 0.4) is 0 Å². The Hall–Kier alpha value is -4.18. The van der Waals surface area contributed by atoms with E-state index in [-0.39, 0.29) is 24.3 Å². The van der Waals surface area contributed by atoms with Crippen molar-refractivity contribution < 1.29 is 33.4 Å². The molecule has 10 nitrogen and oxygen atoms in total. The predicted octanol–water partition coefficient (Wildman–Crippen LogP) is 3.08. The van der Waals surface area contributed by atoms with E-state index >= 15 is 0 Å². The number of cyclic esters (lactones) is 1. The van der Waals surface area contributed by atoms with Gasteiger partial charge in [0.1, 0.15) is 29.6 Å². The van der Waals surface area contributed by atoms with E-state index in [1.165, 1.54) is 0 Å². The van der Waals surface area contributed by atoms with Crippen molar-refractivity contribution in [1.29, 1.82) is 0 Å². The second-order valence-electron chi connectivity index (χ2n) is 10.0. The first-order chi connectivity index (χ1) is 19.4. The Morgan fingerprint density at radius 3 is 2.42 bits per heavy atom. The Balaban J connectivity index is 1.25. The van der Waals surface area contributed by atoms with Crippen molar-refractivity contribution in [3.05, 3.63) is 72.3 Å². The monoisotopic (exact) mass is 547 g/mol. The average molecular weight is 548 g/mol. The summed E-state index contributed by atoms with van der Waals surface area (Å²) in [7, 11) is 0. The van der Waals surface area contributed by atoms with Crippen molar-refractivity contribution in [1.82, 2.24) is 15.5 Å². The molecular weight excluding hydrogens is 514 g/mol. The normalized spacial score (nSPS) is 25.9. The number of nitrogens with zero attached hydrogens (tertiary/aromatic N) is 1. The molecule has 2 aromatic rings. The number of nitrogens with one attached hydrogen (secondary N) is 2. The van der Waals surface area contributed by atoms with Crippen molar-refractivity contribution in [2.75, 3.05) is 6.61 Å². The summed E-state index contributed by atoms with van der Waals surface area (Å²) >= 11 is 0. The van der Waals surface area contributed by atoms with E-state index in [2.05, 4.69) is 10.6 Å². The molecule has 3 amide bonds. The van der Waals surface area contributed by atoms with E-state index in [0.717, 1.165) is 0 Å². The van der Waals surface area contributed by atoms with Crippen molar-refractivity contribution in [3.63, 3.8) is 0 Å². The van der Waals surface area contributed by atoms with Gasteiger partial charge in [-0.15, -0.1) is 0 Å². The van der Waals surface area contributed by atoms with E-state index in [4.69, 9.17) is 14.2 Å². The number of carbonyl (C=O) groups excluding carboxylic acids is 4. The van der Waals surface area contributed by atoms with Crippen LogP contribution in [0.25, 0.3) is 0 Å². The van der Waals surface area contributed by atoms with Gasteiger partial charge in [0.25, 0.3) is 5.91 Å². The maximum absolute atomic E-state index is 13.7. The van der Waals surface area contributed by atoms with Gasteiger partial charge in [0.15, 0.2) is 0 Å². The molecule has 3 heterocycles. The zero-order valence-corrected chi connectivity index (χ0v) is 22.3. The van der Waals surface area contributed by atoms with Crippen molar-refractivity contribution in [2.24, 2.45) is 0 Å². The Kier molecular flexibility index (Phi) is 8.45. The summed E-state index contributed by atoms with van der Waals surface area (Å²) in [6.45, 7) is 2.11. The molecule has 0 spiro atoms. The molecule has 2 fully saturated rings. The zero-order valence-electron chi connectivity index (χ0n) is 22.3. The average Bonchev–Trinajstić information content (AvgIpc) is 3.52. The molecule has 0 aliphatic carbocycles. The smallest absolute Gasteiger partial charge is 0.310 e. The zero-order chi connectivity index (χ0) is 28.1. The number of fused-ring (bicyclic) bond motifs is 1. The first kappa shape index (κ1) is 27.4. The van der Waals surface area contributed by atoms with E-state index in [9.17, 15) is 19.2 Å². The van der Waals surface area contributed by atoms with Crippen molar-refractivity contribution in [3.8, 4) is 11.5 Å². The number of hydrogen-bond acceptors (Lipinski definition) is 7. The van der Waals surface area contributed by atoms with Crippen LogP contribution in [0.5, 0.6) is 11.5 Å². The number of rotatable bonds is 8. The van der Waals surface area contributed by atoms with E-state index in [1.54, 1.807) is 36.1 Å². The minimum Gasteiger partial charge on any atom is -0.457 e. The lowest BCUT2D eigenvalue weighted by molar-refractivity contribution is -0.164. The van der Waals surface area contributed by atoms with Crippen LogP contribution < -0.4 is 15.4 Å². The molecule has 0 radical (unpaired) electrons. The third kappa shape index (κ3) is 6.17. The highest BCUT2D eigenvalue weighted by molar-refractivity contribution is 5.99. The molecule has 2 N–H and O–H groups in total. The quantitative estimate of drug-likeness (QED) is 0.385. The Labute approximate surface area is 232 Å². The van der Waals surface area contributed by atoms with Crippen LogP contribution >= 0.6 is 0 Å². The van der Waals surface area contributed by atoms with Gasteiger partial charge in [0, 0.05) is 18.2 Å². The van der Waals surface area contributed by atoms with Crippen LogP contribution in [0, 0.1) is 0 Å². The van der Waals surface area contributed by atoms with Gasteiger partial charge in [0.2, 0.25) is 18.1 Å². The number of carbonyl (C=O) groups is 4. The molecule has 2 saturated heterocycles. The lowest BCUT2D eigenvalue weighted by atomic mass is 10.0. The minimum atomic E-state index is -0.846. The predicted molar refractivity (Wildman–Crippen MR) is 144 cm³/mol. The number of esters is 1. The van der Waals surface area contributed by atoms with Gasteiger partial charge >= 0.3 is 5.97 Å². The second-order valence-corrected chi connectivity index (χ2v) is 10.0. The fraction of sp³-hybridized carbons (Fsp3) is 0.400. The molecule has 40 heavy (non-hydrogen) atoms. The molecule has 5 rings (SSSR count). The van der Waals surface area contributed by atoms with E-state index in [0.29, 0.717) is 49.4 Å². The maximum Gasteiger partial charge on any atom is 0.310 e. The Bertz CT molecular complexity index is 1260. The molecular formula is C30H33N3O7. The van der Waals surface area contributed by atoms with Crippen LogP contribution in [0.4, 0.5) is 0 Å². The lowest BCUT2D eigenvalue weighted by Gasteiger charge is -2.34. The lowest BCUT2D eigenvalue weighted by Crippen LogP contribution is -2.57. The van der Waals surface area contributed by atoms with Crippen LogP contribution in [-0.4, -0.2) is 65.7 Å². The van der Waals surface area contributed by atoms with Gasteiger partial charge in [-0.3, -0.25) is 19.2 Å². The number of para-hydroxylation sites is 1. The molecule has 10 heteroatoms.